The third-order valence-electron chi connectivity index (χ3n) is 1.41. The summed E-state index contributed by atoms with van der Waals surface area (Å²) in [6, 6.07) is 3.34. The van der Waals surface area contributed by atoms with Crippen LogP contribution in [-0.2, 0) is 0 Å². The van der Waals surface area contributed by atoms with Crippen LogP contribution in [0, 0.1) is 0 Å². The summed E-state index contributed by atoms with van der Waals surface area (Å²) in [6.45, 7) is 1.45. The molecule has 0 saturated heterocycles. The molecular weight excluding hydrogens is 263 g/mol. The third-order valence-corrected chi connectivity index (χ3v) is 3.19. The summed E-state index contributed by atoms with van der Waals surface area (Å²) < 4.78 is 0.694. The van der Waals surface area contributed by atoms with Gasteiger partial charge in [0.25, 0.3) is 0 Å². The smallest absolute Gasteiger partial charge is 0.161 e. The Morgan fingerprint density at radius 3 is 2.42 bits per heavy atom. The van der Waals surface area contributed by atoms with Gasteiger partial charge in [0, 0.05) is 10.0 Å². The van der Waals surface area contributed by atoms with E-state index >= 15 is 0 Å². The molecule has 0 heterocycles. The summed E-state index contributed by atoms with van der Waals surface area (Å²) in [7, 11) is 0. The molecule has 0 unspecified atom stereocenters. The van der Waals surface area contributed by atoms with E-state index in [1.165, 1.54) is 6.92 Å². The SMILES string of the molecule is CC(=O)c1ccc(Br)c(Cl)c1Cl. The molecule has 0 aliphatic carbocycles. The van der Waals surface area contributed by atoms with Crippen molar-refractivity contribution in [2.75, 3.05) is 0 Å². The van der Waals surface area contributed by atoms with Crippen molar-refractivity contribution < 1.29 is 4.79 Å². The Balaban J connectivity index is 3.36. The Bertz CT molecular complexity index is 336. The van der Waals surface area contributed by atoms with Crippen molar-refractivity contribution in [1.29, 1.82) is 0 Å². The molecule has 0 spiro atoms. The van der Waals surface area contributed by atoms with Crippen LogP contribution in [0.3, 0.4) is 0 Å². The van der Waals surface area contributed by atoms with E-state index in [1.807, 2.05) is 0 Å². The van der Waals surface area contributed by atoms with Gasteiger partial charge in [0.1, 0.15) is 0 Å². The third kappa shape index (κ3) is 1.82. The molecule has 0 fully saturated rings. The topological polar surface area (TPSA) is 17.1 Å². The first kappa shape index (κ1) is 10.0. The van der Waals surface area contributed by atoms with Gasteiger partial charge in [-0.2, -0.15) is 0 Å². The summed E-state index contributed by atoms with van der Waals surface area (Å²) in [5, 5.41) is 0.683. The minimum Gasteiger partial charge on any atom is -0.294 e. The fourth-order valence-electron chi connectivity index (χ4n) is 0.798. The number of benzene rings is 1. The lowest BCUT2D eigenvalue weighted by atomic mass is 10.1. The van der Waals surface area contributed by atoms with E-state index in [2.05, 4.69) is 15.9 Å². The van der Waals surface area contributed by atoms with Gasteiger partial charge in [-0.05, 0) is 35.0 Å². The number of rotatable bonds is 1. The number of halogens is 3. The first-order valence-corrected chi connectivity index (χ1v) is 4.73. The van der Waals surface area contributed by atoms with Crippen LogP contribution in [0.1, 0.15) is 17.3 Å². The van der Waals surface area contributed by atoms with Crippen LogP contribution in [0.15, 0.2) is 16.6 Å². The Hall–Kier alpha value is -0.0500. The van der Waals surface area contributed by atoms with Crippen molar-refractivity contribution in [3.63, 3.8) is 0 Å². The first-order chi connectivity index (χ1) is 5.54. The molecule has 1 rings (SSSR count). The van der Waals surface area contributed by atoms with E-state index < -0.39 is 0 Å². The van der Waals surface area contributed by atoms with Crippen molar-refractivity contribution in [2.24, 2.45) is 0 Å². The Labute approximate surface area is 88.8 Å². The normalized spacial score (nSPS) is 10.0. The van der Waals surface area contributed by atoms with Gasteiger partial charge in [-0.3, -0.25) is 4.79 Å². The largest absolute Gasteiger partial charge is 0.294 e. The molecule has 0 aliphatic rings. The standard InChI is InChI=1S/C8H5BrCl2O/c1-4(12)5-2-3-6(9)8(11)7(5)10/h2-3H,1H3. The minimum absolute atomic E-state index is 0.0885. The number of Topliss-reactive ketones (excluding diaryl/α,β-unsaturated/α-hetero) is 1. The molecule has 0 bridgehead atoms. The van der Waals surface area contributed by atoms with Crippen LogP contribution in [0.4, 0.5) is 0 Å². The van der Waals surface area contributed by atoms with Gasteiger partial charge in [-0.25, -0.2) is 0 Å². The van der Waals surface area contributed by atoms with Crippen LogP contribution >= 0.6 is 39.1 Å². The lowest BCUT2D eigenvalue weighted by Gasteiger charge is -2.02. The van der Waals surface area contributed by atoms with Crippen molar-refractivity contribution in [1.82, 2.24) is 0 Å². The second-order valence-electron chi connectivity index (χ2n) is 2.28. The number of carbonyl (C=O) groups excluding carboxylic acids is 1. The van der Waals surface area contributed by atoms with E-state index in [1.54, 1.807) is 12.1 Å². The highest BCUT2D eigenvalue weighted by atomic mass is 79.9. The molecular formula is C8H5BrCl2O. The monoisotopic (exact) mass is 266 g/mol. The van der Waals surface area contributed by atoms with Gasteiger partial charge in [0.05, 0.1) is 10.0 Å². The summed E-state index contributed by atoms with van der Waals surface area (Å²) in [5.41, 5.74) is 0.449. The van der Waals surface area contributed by atoms with Gasteiger partial charge in [0.2, 0.25) is 0 Å². The first-order valence-electron chi connectivity index (χ1n) is 3.18. The van der Waals surface area contributed by atoms with Gasteiger partial charge in [-0.15, -0.1) is 0 Å². The predicted octanol–water partition coefficient (Wildman–Crippen LogP) is 3.96. The van der Waals surface area contributed by atoms with Gasteiger partial charge >= 0.3 is 0 Å². The zero-order valence-electron chi connectivity index (χ0n) is 6.20. The fourth-order valence-corrected chi connectivity index (χ4v) is 1.71. The molecule has 1 aromatic carbocycles. The Kier molecular flexibility index (Phi) is 3.16. The van der Waals surface area contributed by atoms with E-state index in [9.17, 15) is 4.79 Å². The van der Waals surface area contributed by atoms with Crippen LogP contribution in [-0.4, -0.2) is 5.78 Å². The second kappa shape index (κ2) is 3.77. The average Bonchev–Trinajstić information content (AvgIpc) is 2.00. The van der Waals surface area contributed by atoms with Crippen LogP contribution < -0.4 is 0 Å². The summed E-state index contributed by atoms with van der Waals surface area (Å²) in [6.07, 6.45) is 0. The van der Waals surface area contributed by atoms with Crippen molar-refractivity contribution in [3.05, 3.63) is 32.2 Å². The van der Waals surface area contributed by atoms with Gasteiger partial charge < -0.3 is 0 Å². The maximum absolute atomic E-state index is 11.0. The molecule has 0 radical (unpaired) electrons. The zero-order chi connectivity index (χ0) is 9.30. The Morgan fingerprint density at radius 2 is 1.92 bits per heavy atom. The van der Waals surface area contributed by atoms with E-state index in [0.717, 1.165) is 0 Å². The highest BCUT2D eigenvalue weighted by Crippen LogP contribution is 2.32. The summed E-state index contributed by atoms with van der Waals surface area (Å²) in [4.78, 5) is 11.0. The number of carbonyl (C=O) groups is 1. The number of ketones is 1. The van der Waals surface area contributed by atoms with E-state index in [-0.39, 0.29) is 5.78 Å². The molecule has 64 valence electrons. The molecule has 0 aliphatic heterocycles. The summed E-state index contributed by atoms with van der Waals surface area (Å²) >= 11 is 14.8. The quantitative estimate of drug-likeness (QED) is 0.556. The van der Waals surface area contributed by atoms with Crippen LogP contribution in [0.25, 0.3) is 0 Å². The molecule has 12 heavy (non-hydrogen) atoms. The van der Waals surface area contributed by atoms with Crippen LogP contribution in [0.2, 0.25) is 10.0 Å². The second-order valence-corrected chi connectivity index (χ2v) is 3.89. The molecule has 0 N–H and O–H groups in total. The molecule has 0 amide bonds. The molecule has 0 aromatic heterocycles. The minimum atomic E-state index is -0.0885. The fraction of sp³-hybridized carbons (Fsp3) is 0.125. The van der Waals surface area contributed by atoms with Gasteiger partial charge in [0.15, 0.2) is 5.78 Å². The molecule has 4 heteroatoms. The Morgan fingerprint density at radius 1 is 1.33 bits per heavy atom. The zero-order valence-corrected chi connectivity index (χ0v) is 9.29. The van der Waals surface area contributed by atoms with Crippen molar-refractivity contribution in [2.45, 2.75) is 6.92 Å². The van der Waals surface area contributed by atoms with E-state index in [0.29, 0.717) is 20.1 Å². The van der Waals surface area contributed by atoms with E-state index in [4.69, 9.17) is 23.2 Å². The molecule has 1 nitrogen and oxygen atoms in total. The highest BCUT2D eigenvalue weighted by Gasteiger charge is 2.10. The van der Waals surface area contributed by atoms with Crippen molar-refractivity contribution in [3.8, 4) is 0 Å². The number of hydrogen-bond acceptors (Lipinski definition) is 1. The molecule has 1 aromatic rings. The average molecular weight is 268 g/mol. The van der Waals surface area contributed by atoms with Crippen LogP contribution in [0.5, 0.6) is 0 Å². The maximum Gasteiger partial charge on any atom is 0.161 e. The lowest BCUT2D eigenvalue weighted by molar-refractivity contribution is 0.101. The van der Waals surface area contributed by atoms with Gasteiger partial charge in [-0.1, -0.05) is 23.2 Å². The summed E-state index contributed by atoms with van der Waals surface area (Å²) in [5.74, 6) is -0.0885. The predicted molar refractivity (Wildman–Crippen MR) is 54.2 cm³/mol. The molecule has 0 atom stereocenters. The highest BCUT2D eigenvalue weighted by molar-refractivity contribution is 9.10. The molecule has 0 saturated carbocycles. The lowest BCUT2D eigenvalue weighted by Crippen LogP contribution is -1.93. The number of hydrogen-bond donors (Lipinski definition) is 0. The maximum atomic E-state index is 11.0. The van der Waals surface area contributed by atoms with Crippen molar-refractivity contribution >= 4 is 44.9 Å².